The number of nitriles is 1. The number of hydrogen-bond donors (Lipinski definition) is 2. The monoisotopic (exact) mass is 282 g/mol. The SMILES string of the molecule is CC(O)(CNS(=O)(=O)CCCC#N)c1ccccc1. The minimum atomic E-state index is -3.46. The molecule has 0 aliphatic carbocycles. The van der Waals surface area contributed by atoms with E-state index in [1.54, 1.807) is 31.2 Å². The molecule has 0 aliphatic heterocycles. The number of aliphatic hydroxyl groups is 1. The number of nitrogens with zero attached hydrogens (tertiary/aromatic N) is 1. The second kappa shape index (κ2) is 6.66. The van der Waals surface area contributed by atoms with Crippen molar-refractivity contribution >= 4 is 10.0 Å². The first-order chi connectivity index (χ1) is 8.87. The lowest BCUT2D eigenvalue weighted by molar-refractivity contribution is 0.0627. The van der Waals surface area contributed by atoms with Gasteiger partial charge in [0.05, 0.1) is 11.8 Å². The van der Waals surface area contributed by atoms with Crippen LogP contribution in [0.15, 0.2) is 30.3 Å². The van der Waals surface area contributed by atoms with Crippen LogP contribution in [-0.4, -0.2) is 25.8 Å². The maximum atomic E-state index is 11.7. The highest BCUT2D eigenvalue weighted by Crippen LogP contribution is 2.19. The Morgan fingerprint density at radius 3 is 2.58 bits per heavy atom. The van der Waals surface area contributed by atoms with E-state index in [4.69, 9.17) is 5.26 Å². The smallest absolute Gasteiger partial charge is 0.211 e. The summed E-state index contributed by atoms with van der Waals surface area (Å²) in [5.74, 6) is -0.106. The molecule has 19 heavy (non-hydrogen) atoms. The summed E-state index contributed by atoms with van der Waals surface area (Å²) in [6.07, 6.45) is 0.495. The second-order valence-electron chi connectivity index (χ2n) is 4.54. The normalized spacial score (nSPS) is 14.6. The highest BCUT2D eigenvalue weighted by molar-refractivity contribution is 7.89. The third-order valence-electron chi connectivity index (χ3n) is 2.73. The first-order valence-corrected chi connectivity index (χ1v) is 7.65. The zero-order chi connectivity index (χ0) is 14.4. The van der Waals surface area contributed by atoms with Crippen LogP contribution >= 0.6 is 0 Å². The largest absolute Gasteiger partial charge is 0.384 e. The van der Waals surface area contributed by atoms with Crippen LogP contribution in [0.25, 0.3) is 0 Å². The molecule has 0 amide bonds. The van der Waals surface area contributed by atoms with Crippen molar-refractivity contribution < 1.29 is 13.5 Å². The van der Waals surface area contributed by atoms with Crippen LogP contribution in [0.2, 0.25) is 0 Å². The molecule has 5 nitrogen and oxygen atoms in total. The molecule has 1 unspecified atom stereocenters. The Balaban J connectivity index is 2.58. The molecule has 0 saturated carbocycles. The van der Waals surface area contributed by atoms with E-state index in [-0.39, 0.29) is 18.7 Å². The van der Waals surface area contributed by atoms with Gasteiger partial charge in [0.2, 0.25) is 10.0 Å². The fraction of sp³-hybridized carbons (Fsp3) is 0.462. The van der Waals surface area contributed by atoms with Gasteiger partial charge < -0.3 is 5.11 Å². The van der Waals surface area contributed by atoms with Crippen molar-refractivity contribution in [3.63, 3.8) is 0 Å². The summed E-state index contributed by atoms with van der Waals surface area (Å²) in [6, 6.07) is 10.8. The summed E-state index contributed by atoms with van der Waals surface area (Å²) in [6.45, 7) is 1.46. The summed E-state index contributed by atoms with van der Waals surface area (Å²) in [5, 5.41) is 18.6. The average molecular weight is 282 g/mol. The van der Waals surface area contributed by atoms with E-state index in [0.717, 1.165) is 0 Å². The van der Waals surface area contributed by atoms with Crippen molar-refractivity contribution in [2.24, 2.45) is 0 Å². The van der Waals surface area contributed by atoms with Crippen LogP contribution in [-0.2, 0) is 15.6 Å². The summed E-state index contributed by atoms with van der Waals surface area (Å²) < 4.78 is 25.7. The maximum Gasteiger partial charge on any atom is 0.211 e. The summed E-state index contributed by atoms with van der Waals surface area (Å²) >= 11 is 0. The fourth-order valence-electron chi connectivity index (χ4n) is 1.56. The van der Waals surface area contributed by atoms with E-state index in [9.17, 15) is 13.5 Å². The Morgan fingerprint density at radius 1 is 1.37 bits per heavy atom. The lowest BCUT2D eigenvalue weighted by Gasteiger charge is -2.24. The van der Waals surface area contributed by atoms with Gasteiger partial charge in [-0.25, -0.2) is 13.1 Å². The van der Waals surface area contributed by atoms with Crippen LogP contribution in [0.5, 0.6) is 0 Å². The van der Waals surface area contributed by atoms with Gasteiger partial charge in [-0.05, 0) is 18.9 Å². The molecule has 0 aromatic heterocycles. The molecule has 0 heterocycles. The van der Waals surface area contributed by atoms with Crippen molar-refractivity contribution in [2.75, 3.05) is 12.3 Å². The number of rotatable bonds is 7. The Labute approximate surface area is 113 Å². The van der Waals surface area contributed by atoms with Crippen LogP contribution < -0.4 is 4.72 Å². The molecular formula is C13H18N2O3S. The standard InChI is InChI=1S/C13H18N2O3S/c1-13(16,12-7-3-2-4-8-12)11-15-19(17,18)10-6-5-9-14/h2-4,7-8,15-16H,5-6,10-11H2,1H3. The quantitative estimate of drug-likeness (QED) is 0.733. The number of sulfonamides is 1. The minimum Gasteiger partial charge on any atom is -0.384 e. The van der Waals surface area contributed by atoms with Gasteiger partial charge in [0.15, 0.2) is 0 Å². The molecule has 1 aromatic rings. The predicted octanol–water partition coefficient (Wildman–Crippen LogP) is 1.12. The number of benzene rings is 1. The van der Waals surface area contributed by atoms with E-state index in [0.29, 0.717) is 12.0 Å². The fourth-order valence-corrected chi connectivity index (χ4v) is 2.73. The average Bonchev–Trinajstić information content (AvgIpc) is 2.38. The third kappa shape index (κ3) is 5.39. The van der Waals surface area contributed by atoms with Crippen LogP contribution in [0.3, 0.4) is 0 Å². The van der Waals surface area contributed by atoms with E-state index < -0.39 is 15.6 Å². The Bertz CT molecular complexity index is 533. The van der Waals surface area contributed by atoms with Gasteiger partial charge in [-0.1, -0.05) is 30.3 Å². The highest BCUT2D eigenvalue weighted by Gasteiger charge is 2.24. The van der Waals surface area contributed by atoms with Gasteiger partial charge in [-0.2, -0.15) is 5.26 Å². The Kier molecular flexibility index (Phi) is 5.48. The lowest BCUT2D eigenvalue weighted by Crippen LogP contribution is -2.39. The minimum absolute atomic E-state index is 0.0914. The van der Waals surface area contributed by atoms with Gasteiger partial charge >= 0.3 is 0 Å². The Hall–Kier alpha value is -1.42. The Morgan fingerprint density at radius 2 is 2.00 bits per heavy atom. The highest BCUT2D eigenvalue weighted by atomic mass is 32.2. The van der Waals surface area contributed by atoms with E-state index in [1.807, 2.05) is 12.1 Å². The molecule has 1 atom stereocenters. The van der Waals surface area contributed by atoms with E-state index >= 15 is 0 Å². The number of hydrogen-bond acceptors (Lipinski definition) is 4. The molecule has 104 valence electrons. The third-order valence-corrected chi connectivity index (χ3v) is 4.14. The van der Waals surface area contributed by atoms with Gasteiger partial charge in [0.1, 0.15) is 5.60 Å². The molecule has 0 spiro atoms. The second-order valence-corrected chi connectivity index (χ2v) is 6.47. The van der Waals surface area contributed by atoms with E-state index in [2.05, 4.69) is 4.72 Å². The molecule has 0 bridgehead atoms. The first kappa shape index (κ1) is 15.6. The maximum absolute atomic E-state index is 11.7. The van der Waals surface area contributed by atoms with Crippen LogP contribution in [0, 0.1) is 11.3 Å². The van der Waals surface area contributed by atoms with Crippen molar-refractivity contribution in [1.82, 2.24) is 4.72 Å². The van der Waals surface area contributed by atoms with Crippen molar-refractivity contribution in [3.8, 4) is 6.07 Å². The molecular weight excluding hydrogens is 264 g/mol. The molecule has 6 heteroatoms. The van der Waals surface area contributed by atoms with Crippen molar-refractivity contribution in [2.45, 2.75) is 25.4 Å². The van der Waals surface area contributed by atoms with Crippen molar-refractivity contribution in [3.05, 3.63) is 35.9 Å². The number of nitrogens with one attached hydrogen (secondary N) is 1. The number of unbranched alkanes of at least 4 members (excludes halogenated alkanes) is 1. The zero-order valence-corrected chi connectivity index (χ0v) is 11.7. The van der Waals surface area contributed by atoms with Gasteiger partial charge in [0, 0.05) is 13.0 Å². The van der Waals surface area contributed by atoms with E-state index in [1.165, 1.54) is 0 Å². The van der Waals surface area contributed by atoms with Gasteiger partial charge in [0.25, 0.3) is 0 Å². The summed E-state index contributed by atoms with van der Waals surface area (Å²) in [5.41, 5.74) is -0.612. The molecule has 0 saturated heterocycles. The molecule has 2 N–H and O–H groups in total. The van der Waals surface area contributed by atoms with Gasteiger partial charge in [-0.15, -0.1) is 0 Å². The molecule has 1 aromatic carbocycles. The van der Waals surface area contributed by atoms with Crippen LogP contribution in [0.1, 0.15) is 25.3 Å². The molecule has 0 aliphatic rings. The predicted molar refractivity (Wildman–Crippen MR) is 72.6 cm³/mol. The summed E-state index contributed by atoms with van der Waals surface area (Å²) in [7, 11) is -3.46. The first-order valence-electron chi connectivity index (χ1n) is 5.99. The lowest BCUT2D eigenvalue weighted by atomic mass is 9.97. The van der Waals surface area contributed by atoms with Crippen LogP contribution in [0.4, 0.5) is 0 Å². The molecule has 0 fully saturated rings. The molecule has 0 radical (unpaired) electrons. The van der Waals surface area contributed by atoms with Gasteiger partial charge in [-0.3, -0.25) is 0 Å². The summed E-state index contributed by atoms with van der Waals surface area (Å²) in [4.78, 5) is 0. The zero-order valence-electron chi connectivity index (χ0n) is 10.8. The molecule has 1 rings (SSSR count). The topological polar surface area (TPSA) is 90.2 Å². The van der Waals surface area contributed by atoms with Crippen molar-refractivity contribution in [1.29, 1.82) is 5.26 Å².